The Morgan fingerprint density at radius 1 is 0.800 bits per heavy atom. The highest BCUT2D eigenvalue weighted by atomic mass is 32.2. The van der Waals surface area contributed by atoms with Gasteiger partial charge in [-0.1, -0.05) is 6.07 Å². The summed E-state index contributed by atoms with van der Waals surface area (Å²) in [6, 6.07) is 3.51. The standard InChI is InChI=1S/C14H8F7NO2S/c15-11-5-4-9(14(19,20)21)7-12(11)22-25(23,24)10-3-1-2-8(6-10)13(16,17)18/h1-7,22H. The number of hydrogen-bond donors (Lipinski definition) is 1. The molecule has 0 aromatic heterocycles. The molecule has 0 aliphatic rings. The Balaban J connectivity index is 2.43. The third kappa shape index (κ3) is 4.41. The van der Waals surface area contributed by atoms with Gasteiger partial charge >= 0.3 is 12.4 Å². The van der Waals surface area contributed by atoms with Gasteiger partial charge in [-0.05, 0) is 36.4 Å². The SMILES string of the molecule is O=S(=O)(Nc1cc(C(F)(F)F)ccc1F)c1cccc(C(F)(F)F)c1. The lowest BCUT2D eigenvalue weighted by Gasteiger charge is -2.13. The summed E-state index contributed by atoms with van der Waals surface area (Å²) in [6.45, 7) is 0. The highest BCUT2D eigenvalue weighted by Crippen LogP contribution is 2.33. The fourth-order valence-electron chi connectivity index (χ4n) is 1.82. The lowest BCUT2D eigenvalue weighted by molar-refractivity contribution is -0.138. The molecule has 0 amide bonds. The van der Waals surface area contributed by atoms with E-state index >= 15 is 0 Å². The molecule has 1 N–H and O–H groups in total. The minimum Gasteiger partial charge on any atom is -0.277 e. The summed E-state index contributed by atoms with van der Waals surface area (Å²) in [5.41, 5.74) is -3.64. The maximum Gasteiger partial charge on any atom is 0.416 e. The Bertz CT molecular complexity index is 889. The molecule has 0 aliphatic heterocycles. The number of alkyl halides is 6. The van der Waals surface area contributed by atoms with Gasteiger partial charge in [0.2, 0.25) is 0 Å². The van der Waals surface area contributed by atoms with E-state index in [9.17, 15) is 39.2 Å². The topological polar surface area (TPSA) is 46.2 Å². The first-order chi connectivity index (χ1) is 11.3. The maximum atomic E-state index is 13.6. The summed E-state index contributed by atoms with van der Waals surface area (Å²) in [5, 5.41) is 0. The van der Waals surface area contributed by atoms with Crippen LogP contribution in [0, 0.1) is 5.82 Å². The van der Waals surface area contributed by atoms with E-state index in [-0.39, 0.29) is 12.1 Å². The van der Waals surface area contributed by atoms with E-state index in [4.69, 9.17) is 0 Å². The van der Waals surface area contributed by atoms with Crippen LogP contribution >= 0.6 is 0 Å². The van der Waals surface area contributed by atoms with Crippen LogP contribution in [0.3, 0.4) is 0 Å². The van der Waals surface area contributed by atoms with Crippen molar-refractivity contribution < 1.29 is 39.2 Å². The highest BCUT2D eigenvalue weighted by molar-refractivity contribution is 7.92. The summed E-state index contributed by atoms with van der Waals surface area (Å²) in [6.07, 6.45) is -9.68. The molecule has 2 aromatic carbocycles. The molecule has 25 heavy (non-hydrogen) atoms. The van der Waals surface area contributed by atoms with Gasteiger partial charge in [0, 0.05) is 0 Å². The molecule has 0 fully saturated rings. The Morgan fingerprint density at radius 2 is 1.36 bits per heavy atom. The van der Waals surface area contributed by atoms with Crippen molar-refractivity contribution in [1.29, 1.82) is 0 Å². The van der Waals surface area contributed by atoms with Crippen LogP contribution in [0.1, 0.15) is 11.1 Å². The zero-order valence-electron chi connectivity index (χ0n) is 11.9. The molecular formula is C14H8F7NO2S. The molecule has 0 saturated carbocycles. The number of rotatable bonds is 3. The Labute approximate surface area is 137 Å². The average Bonchev–Trinajstić information content (AvgIpc) is 2.47. The second-order valence-corrected chi connectivity index (χ2v) is 6.51. The molecule has 3 nitrogen and oxygen atoms in total. The van der Waals surface area contributed by atoms with Gasteiger partial charge in [-0.15, -0.1) is 0 Å². The van der Waals surface area contributed by atoms with E-state index in [2.05, 4.69) is 0 Å². The molecule has 0 saturated heterocycles. The molecule has 0 bridgehead atoms. The van der Waals surface area contributed by atoms with Crippen LogP contribution in [-0.2, 0) is 22.4 Å². The van der Waals surface area contributed by atoms with Gasteiger partial charge in [-0.3, -0.25) is 4.72 Å². The maximum absolute atomic E-state index is 13.6. The van der Waals surface area contributed by atoms with Crippen LogP contribution < -0.4 is 4.72 Å². The monoisotopic (exact) mass is 387 g/mol. The molecule has 0 spiro atoms. The highest BCUT2D eigenvalue weighted by Gasteiger charge is 2.33. The molecule has 0 radical (unpaired) electrons. The summed E-state index contributed by atoms with van der Waals surface area (Å²) >= 11 is 0. The fraction of sp³-hybridized carbons (Fsp3) is 0.143. The lowest BCUT2D eigenvalue weighted by atomic mass is 10.2. The van der Waals surface area contributed by atoms with Gasteiger partial charge in [0.1, 0.15) is 5.82 Å². The largest absolute Gasteiger partial charge is 0.416 e. The molecule has 0 atom stereocenters. The normalized spacial score (nSPS) is 12.9. The van der Waals surface area contributed by atoms with Gasteiger partial charge in [0.15, 0.2) is 0 Å². The molecule has 2 rings (SSSR count). The predicted octanol–water partition coefficient (Wildman–Crippen LogP) is 4.66. The van der Waals surface area contributed by atoms with Crippen LogP contribution in [0.4, 0.5) is 36.4 Å². The van der Waals surface area contributed by atoms with Crippen molar-refractivity contribution in [2.24, 2.45) is 0 Å². The van der Waals surface area contributed by atoms with Crippen LogP contribution in [0.25, 0.3) is 0 Å². The second-order valence-electron chi connectivity index (χ2n) is 4.82. The molecular weight excluding hydrogens is 379 g/mol. The van der Waals surface area contributed by atoms with Crippen LogP contribution in [0.15, 0.2) is 47.4 Å². The number of halogens is 7. The van der Waals surface area contributed by atoms with Crippen LogP contribution in [-0.4, -0.2) is 8.42 Å². The number of nitrogens with one attached hydrogen (secondary N) is 1. The summed E-state index contributed by atoms with van der Waals surface area (Å²) < 4.78 is 115. The Morgan fingerprint density at radius 3 is 1.92 bits per heavy atom. The van der Waals surface area contributed by atoms with Crippen molar-refractivity contribution in [1.82, 2.24) is 0 Å². The Kier molecular flexibility index (Phi) is 4.73. The predicted molar refractivity (Wildman–Crippen MR) is 73.7 cm³/mol. The third-order valence-corrected chi connectivity index (χ3v) is 4.37. The number of hydrogen-bond acceptors (Lipinski definition) is 2. The second kappa shape index (κ2) is 6.21. The van der Waals surface area contributed by atoms with Crippen molar-refractivity contribution in [3.05, 3.63) is 59.4 Å². The summed E-state index contributed by atoms with van der Waals surface area (Å²) in [5.74, 6) is -1.32. The molecule has 0 unspecified atom stereocenters. The van der Waals surface area contributed by atoms with Crippen molar-refractivity contribution in [3.8, 4) is 0 Å². The lowest BCUT2D eigenvalue weighted by Crippen LogP contribution is -2.16. The van der Waals surface area contributed by atoms with E-state index in [0.29, 0.717) is 18.2 Å². The minimum atomic E-state index is -4.86. The van der Waals surface area contributed by atoms with E-state index in [0.717, 1.165) is 12.1 Å². The van der Waals surface area contributed by atoms with Crippen LogP contribution in [0.2, 0.25) is 0 Å². The molecule has 11 heteroatoms. The zero-order valence-corrected chi connectivity index (χ0v) is 12.7. The van der Waals surface area contributed by atoms with Gasteiger partial charge in [0.05, 0.1) is 21.7 Å². The van der Waals surface area contributed by atoms with E-state index in [1.54, 1.807) is 0 Å². The number of benzene rings is 2. The fourth-order valence-corrected chi connectivity index (χ4v) is 2.93. The number of anilines is 1. The molecule has 2 aromatic rings. The molecule has 136 valence electrons. The first-order valence-corrected chi connectivity index (χ1v) is 7.86. The van der Waals surface area contributed by atoms with Crippen molar-refractivity contribution >= 4 is 15.7 Å². The molecule has 0 aliphatic carbocycles. The quantitative estimate of drug-likeness (QED) is 0.779. The zero-order chi connectivity index (χ0) is 19.0. The van der Waals surface area contributed by atoms with Crippen molar-refractivity contribution in [2.75, 3.05) is 4.72 Å². The van der Waals surface area contributed by atoms with Gasteiger partial charge in [-0.25, -0.2) is 12.8 Å². The minimum absolute atomic E-state index is 0.209. The molecule has 0 heterocycles. The smallest absolute Gasteiger partial charge is 0.277 e. The van der Waals surface area contributed by atoms with E-state index in [1.807, 2.05) is 0 Å². The summed E-state index contributed by atoms with van der Waals surface area (Å²) in [7, 11) is -4.74. The number of sulfonamides is 1. The average molecular weight is 387 g/mol. The van der Waals surface area contributed by atoms with Gasteiger partial charge in [0.25, 0.3) is 10.0 Å². The Hall–Kier alpha value is -2.30. The van der Waals surface area contributed by atoms with Crippen molar-refractivity contribution in [3.63, 3.8) is 0 Å². The third-order valence-electron chi connectivity index (χ3n) is 3.01. The van der Waals surface area contributed by atoms with Crippen LogP contribution in [0.5, 0.6) is 0 Å². The van der Waals surface area contributed by atoms with E-state index in [1.165, 1.54) is 4.72 Å². The van der Waals surface area contributed by atoms with E-state index < -0.39 is 49.9 Å². The first kappa shape index (κ1) is 19.0. The first-order valence-electron chi connectivity index (χ1n) is 6.37. The van der Waals surface area contributed by atoms with Gasteiger partial charge < -0.3 is 0 Å². The summed E-state index contributed by atoms with van der Waals surface area (Å²) in [4.78, 5) is -0.876. The van der Waals surface area contributed by atoms with Gasteiger partial charge in [-0.2, -0.15) is 26.3 Å². The van der Waals surface area contributed by atoms with Crippen molar-refractivity contribution in [2.45, 2.75) is 17.2 Å².